The van der Waals surface area contributed by atoms with Gasteiger partial charge in [0.05, 0.1) is 6.10 Å². The maximum absolute atomic E-state index is 10.2. The van der Waals surface area contributed by atoms with Crippen LogP contribution in [-0.2, 0) is 9.53 Å². The van der Waals surface area contributed by atoms with Gasteiger partial charge in [-0.15, -0.1) is 0 Å². The van der Waals surface area contributed by atoms with Gasteiger partial charge in [-0.3, -0.25) is 4.79 Å². The van der Waals surface area contributed by atoms with Crippen LogP contribution in [0.15, 0.2) is 0 Å². The third kappa shape index (κ3) is 4.88. The highest BCUT2D eigenvalue weighted by atomic mass is 16.5. The molecule has 0 aromatic heterocycles. The van der Waals surface area contributed by atoms with Crippen molar-refractivity contribution in [1.29, 1.82) is 0 Å². The topological polar surface area (TPSA) is 46.5 Å². The molecular weight excluding hydrogens is 168 g/mol. The first-order valence-electron chi connectivity index (χ1n) is 5.12. The molecule has 0 bridgehead atoms. The molecule has 0 radical (unpaired) electrons. The lowest BCUT2D eigenvalue weighted by molar-refractivity contribution is -0.137. The van der Waals surface area contributed by atoms with Crippen molar-refractivity contribution in [2.75, 3.05) is 6.61 Å². The molecule has 3 nitrogen and oxygen atoms in total. The highest BCUT2D eigenvalue weighted by molar-refractivity contribution is 5.66. The third-order valence-electron chi connectivity index (χ3n) is 2.44. The zero-order valence-corrected chi connectivity index (χ0v) is 8.00. The van der Waals surface area contributed by atoms with E-state index < -0.39 is 5.97 Å². The maximum atomic E-state index is 10.2. The minimum absolute atomic E-state index is 0.298. The van der Waals surface area contributed by atoms with E-state index >= 15 is 0 Å². The van der Waals surface area contributed by atoms with E-state index in [-0.39, 0.29) is 0 Å². The monoisotopic (exact) mass is 186 g/mol. The Labute approximate surface area is 79.1 Å². The van der Waals surface area contributed by atoms with Crippen molar-refractivity contribution in [2.45, 2.75) is 51.0 Å². The summed E-state index contributed by atoms with van der Waals surface area (Å²) in [5.74, 6) is -0.690. The van der Waals surface area contributed by atoms with Crippen molar-refractivity contribution < 1.29 is 14.6 Å². The van der Waals surface area contributed by atoms with Crippen LogP contribution in [-0.4, -0.2) is 23.8 Å². The lowest BCUT2D eigenvalue weighted by atomic mass is 10.0. The van der Waals surface area contributed by atoms with Crippen LogP contribution in [0, 0.1) is 0 Å². The molecule has 1 fully saturated rings. The first-order chi connectivity index (χ1) is 6.29. The molecule has 0 spiro atoms. The number of carbonyl (C=O) groups is 1. The first-order valence-corrected chi connectivity index (χ1v) is 5.12. The molecule has 1 aliphatic heterocycles. The van der Waals surface area contributed by atoms with Crippen LogP contribution in [0.5, 0.6) is 0 Å². The fourth-order valence-corrected chi connectivity index (χ4v) is 1.68. The number of unbranched alkanes of at least 4 members (excludes halogenated alkanes) is 1. The lowest BCUT2D eigenvalue weighted by Crippen LogP contribution is -2.18. The van der Waals surface area contributed by atoms with Crippen molar-refractivity contribution >= 4 is 5.97 Å². The Morgan fingerprint density at radius 2 is 2.23 bits per heavy atom. The van der Waals surface area contributed by atoms with Crippen molar-refractivity contribution in [3.05, 3.63) is 0 Å². The van der Waals surface area contributed by atoms with E-state index in [2.05, 4.69) is 0 Å². The molecule has 1 aliphatic rings. The minimum atomic E-state index is -0.690. The van der Waals surface area contributed by atoms with E-state index in [0.29, 0.717) is 12.5 Å². The average Bonchev–Trinajstić information content (AvgIpc) is 2.14. The molecule has 13 heavy (non-hydrogen) atoms. The Balaban J connectivity index is 1.95. The molecule has 1 saturated heterocycles. The molecule has 0 saturated carbocycles. The van der Waals surface area contributed by atoms with Gasteiger partial charge in [0.1, 0.15) is 0 Å². The Morgan fingerprint density at radius 3 is 2.85 bits per heavy atom. The number of aliphatic carboxylic acids is 1. The summed E-state index contributed by atoms with van der Waals surface area (Å²) in [7, 11) is 0. The SMILES string of the molecule is O=C(O)CCCC[C@H]1CCCCO1. The van der Waals surface area contributed by atoms with Gasteiger partial charge in [-0.25, -0.2) is 0 Å². The van der Waals surface area contributed by atoms with Crippen LogP contribution in [0.1, 0.15) is 44.9 Å². The number of ether oxygens (including phenoxy) is 1. The van der Waals surface area contributed by atoms with Gasteiger partial charge >= 0.3 is 5.97 Å². The number of carboxylic acids is 1. The van der Waals surface area contributed by atoms with Gasteiger partial charge in [0, 0.05) is 13.0 Å². The summed E-state index contributed by atoms with van der Waals surface area (Å²) in [6, 6.07) is 0. The summed E-state index contributed by atoms with van der Waals surface area (Å²) >= 11 is 0. The second-order valence-electron chi connectivity index (χ2n) is 3.63. The predicted molar refractivity (Wildman–Crippen MR) is 49.7 cm³/mol. The Bertz CT molecular complexity index is 150. The normalized spacial score (nSPS) is 22.9. The van der Waals surface area contributed by atoms with Gasteiger partial charge in [-0.2, -0.15) is 0 Å². The van der Waals surface area contributed by atoms with Crippen molar-refractivity contribution in [1.82, 2.24) is 0 Å². The summed E-state index contributed by atoms with van der Waals surface area (Å²) in [4.78, 5) is 10.2. The number of hydrogen-bond donors (Lipinski definition) is 1. The van der Waals surface area contributed by atoms with Gasteiger partial charge in [0.15, 0.2) is 0 Å². The average molecular weight is 186 g/mol. The maximum Gasteiger partial charge on any atom is 0.303 e. The number of hydrogen-bond acceptors (Lipinski definition) is 2. The zero-order chi connectivity index (χ0) is 9.52. The van der Waals surface area contributed by atoms with Crippen LogP contribution in [0.2, 0.25) is 0 Å². The van der Waals surface area contributed by atoms with Crippen molar-refractivity contribution in [3.63, 3.8) is 0 Å². The first kappa shape index (κ1) is 10.5. The molecule has 76 valence electrons. The quantitative estimate of drug-likeness (QED) is 0.669. The second kappa shape index (κ2) is 5.97. The Morgan fingerprint density at radius 1 is 1.38 bits per heavy atom. The van der Waals surface area contributed by atoms with Crippen LogP contribution in [0.4, 0.5) is 0 Å². The standard InChI is InChI=1S/C10H18O3/c11-10(12)7-2-1-5-9-6-3-4-8-13-9/h9H,1-8H2,(H,11,12)/t9-/m0/s1. The van der Waals surface area contributed by atoms with Gasteiger partial charge in [0.2, 0.25) is 0 Å². The van der Waals surface area contributed by atoms with Crippen LogP contribution in [0.25, 0.3) is 0 Å². The summed E-state index contributed by atoms with van der Waals surface area (Å²) in [5, 5.41) is 8.42. The Kier molecular flexibility index (Phi) is 4.83. The molecule has 0 amide bonds. The van der Waals surface area contributed by atoms with Crippen LogP contribution < -0.4 is 0 Å². The Hall–Kier alpha value is -0.570. The largest absolute Gasteiger partial charge is 0.481 e. The van der Waals surface area contributed by atoms with E-state index in [4.69, 9.17) is 9.84 Å². The van der Waals surface area contributed by atoms with Crippen LogP contribution in [0.3, 0.4) is 0 Å². The smallest absolute Gasteiger partial charge is 0.303 e. The van der Waals surface area contributed by atoms with Crippen molar-refractivity contribution in [2.24, 2.45) is 0 Å². The molecule has 0 aromatic rings. The highest BCUT2D eigenvalue weighted by Gasteiger charge is 2.12. The zero-order valence-electron chi connectivity index (χ0n) is 8.00. The van der Waals surface area contributed by atoms with Crippen LogP contribution >= 0.6 is 0 Å². The van der Waals surface area contributed by atoms with E-state index in [1.165, 1.54) is 12.8 Å². The molecule has 1 atom stereocenters. The highest BCUT2D eigenvalue weighted by Crippen LogP contribution is 2.17. The van der Waals surface area contributed by atoms with Gasteiger partial charge < -0.3 is 9.84 Å². The molecule has 0 unspecified atom stereocenters. The van der Waals surface area contributed by atoms with E-state index in [9.17, 15) is 4.79 Å². The van der Waals surface area contributed by atoms with Crippen molar-refractivity contribution in [3.8, 4) is 0 Å². The summed E-state index contributed by atoms with van der Waals surface area (Å²) < 4.78 is 5.54. The van der Waals surface area contributed by atoms with Gasteiger partial charge in [-0.1, -0.05) is 6.42 Å². The summed E-state index contributed by atoms with van der Waals surface area (Å²) in [6.07, 6.45) is 7.12. The molecule has 0 aromatic carbocycles. The fourth-order valence-electron chi connectivity index (χ4n) is 1.68. The fraction of sp³-hybridized carbons (Fsp3) is 0.900. The number of rotatable bonds is 5. The second-order valence-corrected chi connectivity index (χ2v) is 3.63. The van der Waals surface area contributed by atoms with Gasteiger partial charge in [0.25, 0.3) is 0 Å². The molecule has 1 heterocycles. The molecule has 0 aliphatic carbocycles. The minimum Gasteiger partial charge on any atom is -0.481 e. The molecule has 3 heteroatoms. The molecule has 1 N–H and O–H groups in total. The lowest BCUT2D eigenvalue weighted by Gasteiger charge is -2.22. The van der Waals surface area contributed by atoms with Gasteiger partial charge in [-0.05, 0) is 32.1 Å². The summed E-state index contributed by atoms with van der Waals surface area (Å²) in [5.41, 5.74) is 0. The third-order valence-corrected chi connectivity index (χ3v) is 2.44. The van der Waals surface area contributed by atoms with E-state index in [1.54, 1.807) is 0 Å². The van der Waals surface area contributed by atoms with E-state index in [0.717, 1.165) is 32.3 Å². The molecular formula is C10H18O3. The number of carboxylic acid groups (broad SMARTS) is 1. The summed E-state index contributed by atoms with van der Waals surface area (Å²) in [6.45, 7) is 0.892. The molecule has 1 rings (SSSR count). The van der Waals surface area contributed by atoms with E-state index in [1.807, 2.05) is 0 Å². The predicted octanol–water partition coefficient (Wildman–Crippen LogP) is 2.20.